The smallest absolute Gasteiger partial charge is 0.275 e. The van der Waals surface area contributed by atoms with Crippen LogP contribution in [0.3, 0.4) is 0 Å². The quantitative estimate of drug-likeness (QED) is 0.827. The summed E-state index contributed by atoms with van der Waals surface area (Å²) in [6.45, 7) is 4.28. The lowest BCUT2D eigenvalue weighted by Gasteiger charge is -2.27. The molecule has 18 heavy (non-hydrogen) atoms. The summed E-state index contributed by atoms with van der Waals surface area (Å²) in [5, 5.41) is 0. The van der Waals surface area contributed by atoms with Crippen LogP contribution in [0.2, 0.25) is 0 Å². The van der Waals surface area contributed by atoms with E-state index in [1.54, 1.807) is 24.4 Å². The lowest BCUT2D eigenvalue weighted by Crippen LogP contribution is -2.39. The van der Waals surface area contributed by atoms with Gasteiger partial charge in [0.1, 0.15) is 0 Å². The normalized spacial score (nSPS) is 15.6. The molecular weight excluding hydrogens is 226 g/mol. The minimum atomic E-state index is -0.0834. The molecule has 4 nitrogen and oxygen atoms in total. The van der Waals surface area contributed by atoms with Gasteiger partial charge in [-0.15, -0.1) is 6.58 Å². The summed E-state index contributed by atoms with van der Waals surface area (Å²) >= 11 is 0. The standard InChI is InChI=1S/C14H19N3O/c1-2-10-17(11-6-3-4-7-11)14(18)13-12(15)8-5-9-16-13/h2,5,8-9,11H,1,3-4,6-7,10,15H2. The third-order valence-electron chi connectivity index (χ3n) is 3.39. The second-order valence-electron chi connectivity index (χ2n) is 4.63. The summed E-state index contributed by atoms with van der Waals surface area (Å²) in [6.07, 6.45) is 7.85. The molecule has 1 heterocycles. The molecule has 1 aliphatic carbocycles. The highest BCUT2D eigenvalue weighted by Gasteiger charge is 2.28. The Morgan fingerprint density at radius 3 is 2.89 bits per heavy atom. The highest BCUT2D eigenvalue weighted by atomic mass is 16.2. The number of pyridine rings is 1. The zero-order chi connectivity index (χ0) is 13.0. The summed E-state index contributed by atoms with van der Waals surface area (Å²) in [5.74, 6) is -0.0834. The minimum Gasteiger partial charge on any atom is -0.397 e. The van der Waals surface area contributed by atoms with Crippen LogP contribution in [0.15, 0.2) is 31.0 Å². The number of nitrogens with two attached hydrogens (primary N) is 1. The van der Waals surface area contributed by atoms with Crippen LogP contribution in [0.5, 0.6) is 0 Å². The summed E-state index contributed by atoms with van der Waals surface area (Å²) in [7, 11) is 0. The Morgan fingerprint density at radius 1 is 1.56 bits per heavy atom. The first kappa shape index (κ1) is 12.6. The molecule has 0 aliphatic heterocycles. The molecular formula is C14H19N3O. The number of aromatic nitrogens is 1. The Balaban J connectivity index is 2.22. The molecule has 2 rings (SSSR count). The van der Waals surface area contributed by atoms with Gasteiger partial charge in [-0.1, -0.05) is 18.9 Å². The number of anilines is 1. The minimum absolute atomic E-state index is 0.0834. The van der Waals surface area contributed by atoms with Crippen molar-refractivity contribution in [2.24, 2.45) is 0 Å². The maximum atomic E-state index is 12.5. The van der Waals surface area contributed by atoms with Crippen LogP contribution >= 0.6 is 0 Å². The predicted octanol–water partition coefficient (Wildman–Crippen LogP) is 2.23. The van der Waals surface area contributed by atoms with Crippen molar-refractivity contribution in [1.29, 1.82) is 0 Å². The molecule has 1 amide bonds. The number of nitrogen functional groups attached to an aromatic ring is 1. The molecule has 0 radical (unpaired) electrons. The maximum absolute atomic E-state index is 12.5. The van der Waals surface area contributed by atoms with Crippen molar-refractivity contribution in [3.05, 3.63) is 36.7 Å². The van der Waals surface area contributed by atoms with E-state index >= 15 is 0 Å². The van der Waals surface area contributed by atoms with Crippen molar-refractivity contribution in [2.75, 3.05) is 12.3 Å². The van der Waals surface area contributed by atoms with Gasteiger partial charge >= 0.3 is 0 Å². The monoisotopic (exact) mass is 245 g/mol. The third-order valence-corrected chi connectivity index (χ3v) is 3.39. The van der Waals surface area contributed by atoms with Crippen LogP contribution in [0, 0.1) is 0 Å². The van der Waals surface area contributed by atoms with E-state index in [-0.39, 0.29) is 5.91 Å². The number of carbonyl (C=O) groups excluding carboxylic acids is 1. The van der Waals surface area contributed by atoms with Crippen molar-refractivity contribution in [3.63, 3.8) is 0 Å². The Kier molecular flexibility index (Phi) is 3.97. The van der Waals surface area contributed by atoms with Gasteiger partial charge in [-0.05, 0) is 25.0 Å². The summed E-state index contributed by atoms with van der Waals surface area (Å²) < 4.78 is 0. The Labute approximate surface area is 108 Å². The Bertz CT molecular complexity index is 438. The van der Waals surface area contributed by atoms with Gasteiger partial charge in [-0.25, -0.2) is 4.98 Å². The number of hydrogen-bond donors (Lipinski definition) is 1. The average molecular weight is 245 g/mol. The Hall–Kier alpha value is -1.84. The van der Waals surface area contributed by atoms with E-state index in [0.29, 0.717) is 24.0 Å². The molecule has 96 valence electrons. The first-order valence-electron chi connectivity index (χ1n) is 6.36. The zero-order valence-corrected chi connectivity index (χ0v) is 10.5. The molecule has 1 fully saturated rings. The van der Waals surface area contributed by atoms with E-state index < -0.39 is 0 Å². The maximum Gasteiger partial charge on any atom is 0.275 e. The van der Waals surface area contributed by atoms with Crippen molar-refractivity contribution in [3.8, 4) is 0 Å². The lowest BCUT2D eigenvalue weighted by molar-refractivity contribution is 0.0701. The van der Waals surface area contributed by atoms with Crippen LogP contribution in [0.4, 0.5) is 5.69 Å². The molecule has 4 heteroatoms. The van der Waals surface area contributed by atoms with Crippen LogP contribution in [-0.2, 0) is 0 Å². The van der Waals surface area contributed by atoms with Gasteiger partial charge in [0.15, 0.2) is 5.69 Å². The van der Waals surface area contributed by atoms with Crippen molar-refractivity contribution in [1.82, 2.24) is 9.88 Å². The number of rotatable bonds is 4. The first-order chi connectivity index (χ1) is 8.74. The largest absolute Gasteiger partial charge is 0.397 e. The molecule has 1 aromatic heterocycles. The zero-order valence-electron chi connectivity index (χ0n) is 10.5. The van der Waals surface area contributed by atoms with E-state index in [1.807, 2.05) is 4.90 Å². The highest BCUT2D eigenvalue weighted by molar-refractivity contribution is 5.97. The van der Waals surface area contributed by atoms with Crippen LogP contribution < -0.4 is 5.73 Å². The third kappa shape index (κ3) is 2.53. The van der Waals surface area contributed by atoms with Gasteiger partial charge in [0.2, 0.25) is 0 Å². The lowest BCUT2D eigenvalue weighted by atomic mass is 10.1. The molecule has 0 unspecified atom stereocenters. The molecule has 0 aromatic carbocycles. The van der Waals surface area contributed by atoms with Gasteiger partial charge in [-0.2, -0.15) is 0 Å². The predicted molar refractivity (Wildman–Crippen MR) is 72.1 cm³/mol. The number of amides is 1. The Morgan fingerprint density at radius 2 is 2.28 bits per heavy atom. The number of hydrogen-bond acceptors (Lipinski definition) is 3. The van der Waals surface area contributed by atoms with E-state index in [1.165, 1.54) is 12.8 Å². The molecule has 1 aromatic rings. The van der Waals surface area contributed by atoms with Crippen LogP contribution in [0.25, 0.3) is 0 Å². The van der Waals surface area contributed by atoms with Gasteiger partial charge in [0.25, 0.3) is 5.91 Å². The molecule has 0 spiro atoms. The van der Waals surface area contributed by atoms with E-state index in [4.69, 9.17) is 5.73 Å². The van der Waals surface area contributed by atoms with Crippen molar-refractivity contribution < 1.29 is 4.79 Å². The molecule has 1 saturated carbocycles. The summed E-state index contributed by atoms with van der Waals surface area (Å²) in [4.78, 5) is 18.4. The van der Waals surface area contributed by atoms with E-state index in [2.05, 4.69) is 11.6 Å². The van der Waals surface area contributed by atoms with Gasteiger partial charge in [-0.3, -0.25) is 4.79 Å². The van der Waals surface area contributed by atoms with Gasteiger partial charge < -0.3 is 10.6 Å². The molecule has 0 atom stereocenters. The fourth-order valence-corrected chi connectivity index (χ4v) is 2.49. The van der Waals surface area contributed by atoms with E-state index in [9.17, 15) is 4.79 Å². The van der Waals surface area contributed by atoms with Crippen molar-refractivity contribution >= 4 is 11.6 Å². The summed E-state index contributed by atoms with van der Waals surface area (Å²) in [6, 6.07) is 3.75. The second kappa shape index (κ2) is 5.67. The fourth-order valence-electron chi connectivity index (χ4n) is 2.49. The topological polar surface area (TPSA) is 59.2 Å². The summed E-state index contributed by atoms with van der Waals surface area (Å²) in [5.41, 5.74) is 6.61. The van der Waals surface area contributed by atoms with Crippen molar-refractivity contribution in [2.45, 2.75) is 31.7 Å². The fraction of sp³-hybridized carbons (Fsp3) is 0.429. The number of nitrogens with zero attached hydrogens (tertiary/aromatic N) is 2. The number of carbonyl (C=O) groups is 1. The molecule has 1 aliphatic rings. The average Bonchev–Trinajstić information content (AvgIpc) is 2.89. The van der Waals surface area contributed by atoms with Gasteiger partial charge in [0.05, 0.1) is 5.69 Å². The molecule has 0 bridgehead atoms. The van der Waals surface area contributed by atoms with Gasteiger partial charge in [0, 0.05) is 18.8 Å². The second-order valence-corrected chi connectivity index (χ2v) is 4.63. The SMILES string of the molecule is C=CCN(C(=O)c1ncccc1N)C1CCCC1. The van der Waals surface area contributed by atoms with Crippen LogP contribution in [-0.4, -0.2) is 28.4 Å². The highest BCUT2D eigenvalue weighted by Crippen LogP contribution is 2.25. The van der Waals surface area contributed by atoms with Crippen LogP contribution in [0.1, 0.15) is 36.2 Å². The molecule has 0 saturated heterocycles. The molecule has 2 N–H and O–H groups in total. The first-order valence-corrected chi connectivity index (χ1v) is 6.36. The van der Waals surface area contributed by atoms with E-state index in [0.717, 1.165) is 12.8 Å².